The molecule has 0 atom stereocenters. The third-order valence-electron chi connectivity index (χ3n) is 5.42. The fraction of sp³-hybridized carbons (Fsp3) is 0.227. The Bertz CT molecular complexity index is 1410. The van der Waals surface area contributed by atoms with Gasteiger partial charge >= 0.3 is 5.69 Å². The number of nitrogens with zero attached hydrogens (tertiary/aromatic N) is 3. The van der Waals surface area contributed by atoms with Crippen molar-refractivity contribution in [2.24, 2.45) is 14.1 Å². The van der Waals surface area contributed by atoms with Crippen LogP contribution in [0.1, 0.15) is 15.9 Å². The van der Waals surface area contributed by atoms with E-state index in [1.807, 2.05) is 19.1 Å². The Morgan fingerprint density at radius 2 is 1.72 bits per heavy atom. The van der Waals surface area contributed by atoms with Crippen LogP contribution in [0.2, 0.25) is 0 Å². The normalized spacial score (nSPS) is 11.3. The number of Topliss-reactive ketones (excluding diaryl/α,β-unsaturated/α-hetero) is 1. The molecule has 4 rings (SSSR count). The summed E-state index contributed by atoms with van der Waals surface area (Å²) < 4.78 is 9.92. The molecular weight excluding hydrogens is 370 g/mol. The highest BCUT2D eigenvalue weighted by atomic mass is 16.5. The quantitative estimate of drug-likeness (QED) is 0.501. The van der Waals surface area contributed by atoms with E-state index in [0.29, 0.717) is 22.3 Å². The van der Waals surface area contributed by atoms with E-state index in [2.05, 4.69) is 0 Å². The van der Waals surface area contributed by atoms with Crippen LogP contribution in [0.4, 0.5) is 0 Å². The van der Waals surface area contributed by atoms with Gasteiger partial charge in [-0.25, -0.2) is 4.79 Å². The second-order valence-electron chi connectivity index (χ2n) is 7.14. The van der Waals surface area contributed by atoms with E-state index in [4.69, 9.17) is 4.74 Å². The molecule has 148 valence electrons. The maximum atomic E-state index is 13.0. The molecule has 2 aromatic heterocycles. The van der Waals surface area contributed by atoms with Crippen LogP contribution in [0.3, 0.4) is 0 Å². The van der Waals surface area contributed by atoms with Crippen LogP contribution in [-0.4, -0.2) is 26.6 Å². The molecule has 0 saturated heterocycles. The number of ketones is 1. The van der Waals surface area contributed by atoms with Gasteiger partial charge in [0.25, 0.3) is 5.56 Å². The molecule has 0 unspecified atom stereocenters. The van der Waals surface area contributed by atoms with Crippen LogP contribution < -0.4 is 16.0 Å². The molecule has 29 heavy (non-hydrogen) atoms. The maximum absolute atomic E-state index is 13.0. The zero-order chi connectivity index (χ0) is 20.9. The summed E-state index contributed by atoms with van der Waals surface area (Å²) in [6, 6.07) is 12.2. The Morgan fingerprint density at radius 3 is 2.45 bits per heavy atom. The third kappa shape index (κ3) is 2.86. The van der Waals surface area contributed by atoms with Crippen molar-refractivity contribution in [1.82, 2.24) is 13.7 Å². The smallest absolute Gasteiger partial charge is 0.328 e. The number of hydrogen-bond donors (Lipinski definition) is 0. The molecule has 0 spiro atoms. The number of para-hydroxylation sites is 1. The summed E-state index contributed by atoms with van der Waals surface area (Å²) in [5.74, 6) is 0.318. The number of pyridine rings is 1. The fourth-order valence-electron chi connectivity index (χ4n) is 3.81. The van der Waals surface area contributed by atoms with Crippen molar-refractivity contribution in [1.29, 1.82) is 0 Å². The average Bonchev–Trinajstić information content (AvgIpc) is 2.94. The zero-order valence-electron chi connectivity index (χ0n) is 16.7. The van der Waals surface area contributed by atoms with Gasteiger partial charge in [-0.1, -0.05) is 12.1 Å². The van der Waals surface area contributed by atoms with E-state index in [1.54, 1.807) is 38.4 Å². The Balaban J connectivity index is 1.85. The SMILES string of the molecule is COc1cccc2c(C)cc(=O)n(CC(=O)c3ccc4c(c3)n(C)c(=O)n4C)c12. The number of hydrogen-bond acceptors (Lipinski definition) is 4. The standard InChI is InChI=1S/C22H21N3O4/c1-13-10-20(27)25(21-15(13)6-5-7-19(21)29-4)12-18(26)14-8-9-16-17(11-14)24(3)22(28)23(16)2/h5-11H,12H2,1-4H3. The lowest BCUT2D eigenvalue weighted by molar-refractivity contribution is 0.0972. The molecule has 0 saturated carbocycles. The van der Waals surface area contributed by atoms with Gasteiger partial charge in [-0.05, 0) is 36.8 Å². The van der Waals surface area contributed by atoms with Crippen molar-refractivity contribution < 1.29 is 9.53 Å². The molecule has 0 amide bonds. The molecule has 7 nitrogen and oxygen atoms in total. The highest BCUT2D eigenvalue weighted by Gasteiger charge is 2.16. The third-order valence-corrected chi connectivity index (χ3v) is 5.42. The lowest BCUT2D eigenvalue weighted by Gasteiger charge is -2.14. The van der Waals surface area contributed by atoms with Gasteiger partial charge in [0.2, 0.25) is 0 Å². The van der Waals surface area contributed by atoms with Crippen molar-refractivity contribution >= 4 is 27.7 Å². The molecular formula is C22H21N3O4. The second kappa shape index (κ2) is 6.77. The van der Waals surface area contributed by atoms with Crippen molar-refractivity contribution in [2.45, 2.75) is 13.5 Å². The Hall–Kier alpha value is -3.61. The number of methoxy groups -OCH3 is 1. The molecule has 0 aliphatic carbocycles. The number of aromatic nitrogens is 3. The zero-order valence-corrected chi connectivity index (χ0v) is 16.7. The summed E-state index contributed by atoms with van der Waals surface area (Å²) >= 11 is 0. The van der Waals surface area contributed by atoms with E-state index in [0.717, 1.165) is 16.5 Å². The van der Waals surface area contributed by atoms with Gasteiger partial charge in [0.1, 0.15) is 5.75 Å². The molecule has 0 N–H and O–H groups in total. The van der Waals surface area contributed by atoms with Gasteiger partial charge in [-0.3, -0.25) is 23.3 Å². The van der Waals surface area contributed by atoms with Gasteiger partial charge in [-0.2, -0.15) is 0 Å². The molecule has 0 bridgehead atoms. The minimum atomic E-state index is -0.263. The largest absolute Gasteiger partial charge is 0.495 e. The van der Waals surface area contributed by atoms with Crippen LogP contribution in [0.15, 0.2) is 52.1 Å². The molecule has 4 aromatic rings. The minimum Gasteiger partial charge on any atom is -0.495 e. The van der Waals surface area contributed by atoms with Crippen molar-refractivity contribution in [3.8, 4) is 5.75 Å². The van der Waals surface area contributed by atoms with Gasteiger partial charge < -0.3 is 4.74 Å². The first-order valence-electron chi connectivity index (χ1n) is 9.19. The number of fused-ring (bicyclic) bond motifs is 2. The number of benzene rings is 2. The molecule has 0 aliphatic heterocycles. The maximum Gasteiger partial charge on any atom is 0.328 e. The first-order valence-corrected chi connectivity index (χ1v) is 9.19. The summed E-state index contributed by atoms with van der Waals surface area (Å²) in [6.45, 7) is 1.74. The number of rotatable bonds is 4. The average molecular weight is 391 g/mol. The van der Waals surface area contributed by atoms with E-state index in [9.17, 15) is 14.4 Å². The molecule has 0 fully saturated rings. The molecule has 0 radical (unpaired) electrons. The summed E-state index contributed by atoms with van der Waals surface area (Å²) in [7, 11) is 4.90. The minimum absolute atomic E-state index is 0.123. The van der Waals surface area contributed by atoms with E-state index in [-0.39, 0.29) is 23.6 Å². The van der Waals surface area contributed by atoms with Gasteiger partial charge in [0.15, 0.2) is 5.78 Å². The predicted octanol–water partition coefficient (Wildman–Crippen LogP) is 2.39. The highest BCUT2D eigenvalue weighted by Crippen LogP contribution is 2.26. The lowest BCUT2D eigenvalue weighted by Crippen LogP contribution is -2.25. The first kappa shape index (κ1) is 18.7. The monoisotopic (exact) mass is 391 g/mol. The highest BCUT2D eigenvalue weighted by molar-refractivity contribution is 6.00. The fourth-order valence-corrected chi connectivity index (χ4v) is 3.81. The summed E-state index contributed by atoms with van der Waals surface area (Å²) in [5.41, 5.74) is 2.86. The summed E-state index contributed by atoms with van der Waals surface area (Å²) in [6.07, 6.45) is 0. The Morgan fingerprint density at radius 1 is 1.00 bits per heavy atom. The van der Waals surface area contributed by atoms with E-state index >= 15 is 0 Å². The van der Waals surface area contributed by atoms with Gasteiger partial charge in [-0.15, -0.1) is 0 Å². The summed E-state index contributed by atoms with van der Waals surface area (Å²) in [5, 5.41) is 0.859. The predicted molar refractivity (Wildman–Crippen MR) is 112 cm³/mol. The molecule has 2 aromatic carbocycles. The van der Waals surface area contributed by atoms with Crippen LogP contribution in [0, 0.1) is 6.92 Å². The van der Waals surface area contributed by atoms with Gasteiger partial charge in [0, 0.05) is 31.1 Å². The number of ether oxygens (including phenoxy) is 1. The van der Waals surface area contributed by atoms with Crippen molar-refractivity contribution in [2.75, 3.05) is 7.11 Å². The van der Waals surface area contributed by atoms with E-state index < -0.39 is 0 Å². The van der Waals surface area contributed by atoms with E-state index in [1.165, 1.54) is 26.9 Å². The first-order chi connectivity index (χ1) is 13.8. The summed E-state index contributed by atoms with van der Waals surface area (Å²) in [4.78, 5) is 37.9. The molecule has 0 aliphatic rings. The van der Waals surface area contributed by atoms with Crippen LogP contribution in [0.5, 0.6) is 5.75 Å². The van der Waals surface area contributed by atoms with Crippen LogP contribution in [0.25, 0.3) is 21.9 Å². The van der Waals surface area contributed by atoms with Gasteiger partial charge in [0.05, 0.1) is 30.2 Å². The number of imidazole rings is 1. The van der Waals surface area contributed by atoms with Crippen molar-refractivity contribution in [3.63, 3.8) is 0 Å². The van der Waals surface area contributed by atoms with Crippen molar-refractivity contribution in [3.05, 3.63) is 74.4 Å². The number of carbonyl (C=O) groups is 1. The van der Waals surface area contributed by atoms with Crippen LogP contribution in [-0.2, 0) is 20.6 Å². The Labute approximate surface area is 166 Å². The van der Waals surface area contributed by atoms with Crippen LogP contribution >= 0.6 is 0 Å². The topological polar surface area (TPSA) is 75.2 Å². The number of carbonyl (C=O) groups excluding carboxylic acids is 1. The lowest BCUT2D eigenvalue weighted by atomic mass is 10.1. The second-order valence-corrected chi connectivity index (χ2v) is 7.14. The molecule has 7 heteroatoms. The number of aryl methyl sites for hydroxylation is 3. The Kier molecular flexibility index (Phi) is 4.38. The molecule has 2 heterocycles.